The fraction of sp³-hybridized carbons (Fsp3) is 0.444. The summed E-state index contributed by atoms with van der Waals surface area (Å²) >= 11 is 0. The lowest BCUT2D eigenvalue weighted by molar-refractivity contribution is -0.137. The van der Waals surface area contributed by atoms with Gasteiger partial charge in [-0.1, -0.05) is 18.2 Å². The molecule has 2 N–H and O–H groups in total. The third kappa shape index (κ3) is 4.47. The van der Waals surface area contributed by atoms with Crippen LogP contribution < -0.4 is 10.1 Å². The number of aryl methyl sites for hydroxylation is 1. The van der Waals surface area contributed by atoms with Gasteiger partial charge in [-0.15, -0.1) is 0 Å². The number of carbonyl (C=O) groups excluding carboxylic acids is 1. The van der Waals surface area contributed by atoms with Crippen molar-refractivity contribution in [3.05, 3.63) is 58.2 Å². The van der Waals surface area contributed by atoms with Crippen molar-refractivity contribution in [3.63, 3.8) is 0 Å². The fourth-order valence-corrected chi connectivity index (χ4v) is 5.58. The summed E-state index contributed by atoms with van der Waals surface area (Å²) in [6.07, 6.45) is -1.62. The third-order valence-corrected chi connectivity index (χ3v) is 7.38. The number of aliphatic hydroxyl groups is 1. The lowest BCUT2D eigenvalue weighted by Crippen LogP contribution is -2.49. The quantitative estimate of drug-likeness (QED) is 0.510. The average Bonchev–Trinajstić information content (AvgIpc) is 3.32. The summed E-state index contributed by atoms with van der Waals surface area (Å²) in [5.74, 6) is 0.528. The van der Waals surface area contributed by atoms with Crippen molar-refractivity contribution in [2.75, 3.05) is 18.5 Å². The van der Waals surface area contributed by atoms with E-state index in [9.17, 15) is 23.1 Å². The number of ether oxygens (including phenoxy) is 1. The van der Waals surface area contributed by atoms with E-state index in [2.05, 4.69) is 15.3 Å². The molecule has 3 heterocycles. The Morgan fingerprint density at radius 1 is 1.35 bits per heavy atom. The molecule has 1 fully saturated rings. The number of rotatable bonds is 5. The van der Waals surface area contributed by atoms with Crippen LogP contribution in [0.25, 0.3) is 10.9 Å². The summed E-state index contributed by atoms with van der Waals surface area (Å²) in [5.41, 5.74) is 0.370. The lowest BCUT2D eigenvalue weighted by atomic mass is 9.79. The van der Waals surface area contributed by atoms with Gasteiger partial charge in [0.05, 0.1) is 23.3 Å². The van der Waals surface area contributed by atoms with Crippen LogP contribution >= 0.6 is 0 Å². The molecule has 2 aromatic carbocycles. The Kier molecular flexibility index (Phi) is 6.47. The van der Waals surface area contributed by atoms with Gasteiger partial charge in [0.2, 0.25) is 5.91 Å². The standard InChI is InChI=1S/C27H29F3N4O3/c1-14-12-27(36,8-9-34(14)16(3)35)21-11-20-23(19-7-10-37-24(19)21)32-15(2)33-26(20)31-13-17-5-4-6-18(22(17)28)25(29)30/h4-6,11,14,25,36H,7-10,12-13H2,1-3H3,(H,31,32,33)/t14-,27+/m1/s1. The number of amides is 1. The number of anilines is 1. The van der Waals surface area contributed by atoms with Crippen molar-refractivity contribution in [2.24, 2.45) is 0 Å². The normalized spacial score (nSPS) is 21.3. The monoisotopic (exact) mass is 514 g/mol. The first-order chi connectivity index (χ1) is 17.6. The maximum absolute atomic E-state index is 14.7. The van der Waals surface area contributed by atoms with Crippen LogP contribution in [0.1, 0.15) is 61.2 Å². The van der Waals surface area contributed by atoms with E-state index in [1.54, 1.807) is 11.8 Å². The number of nitrogens with one attached hydrogen (secondary N) is 1. The Morgan fingerprint density at radius 2 is 2.14 bits per heavy atom. The Bertz CT molecular complexity index is 1380. The van der Waals surface area contributed by atoms with Gasteiger partial charge >= 0.3 is 0 Å². The van der Waals surface area contributed by atoms with Gasteiger partial charge in [0.25, 0.3) is 6.43 Å². The molecular formula is C27H29F3N4O3. The molecule has 196 valence electrons. The maximum Gasteiger partial charge on any atom is 0.266 e. The summed E-state index contributed by atoms with van der Waals surface area (Å²) in [6.45, 7) is 5.98. The van der Waals surface area contributed by atoms with Gasteiger partial charge in [-0.25, -0.2) is 23.1 Å². The van der Waals surface area contributed by atoms with E-state index in [1.807, 2.05) is 13.0 Å². The molecule has 0 spiro atoms. The van der Waals surface area contributed by atoms with E-state index in [0.29, 0.717) is 66.3 Å². The van der Waals surface area contributed by atoms with Gasteiger partial charge in [0, 0.05) is 61.0 Å². The van der Waals surface area contributed by atoms with Crippen molar-refractivity contribution < 1.29 is 27.8 Å². The van der Waals surface area contributed by atoms with Crippen LogP contribution in [-0.2, 0) is 23.4 Å². The minimum absolute atomic E-state index is 0.0342. The zero-order valence-corrected chi connectivity index (χ0v) is 20.9. The zero-order chi connectivity index (χ0) is 26.5. The maximum atomic E-state index is 14.7. The van der Waals surface area contributed by atoms with Crippen LogP contribution in [0.2, 0.25) is 0 Å². The Balaban J connectivity index is 1.57. The van der Waals surface area contributed by atoms with Gasteiger partial charge in [-0.05, 0) is 26.3 Å². The molecule has 0 bridgehead atoms. The Morgan fingerprint density at radius 3 is 2.84 bits per heavy atom. The summed E-state index contributed by atoms with van der Waals surface area (Å²) in [5, 5.41) is 15.5. The predicted molar refractivity (Wildman–Crippen MR) is 132 cm³/mol. The number of halogens is 3. The number of benzene rings is 2. The van der Waals surface area contributed by atoms with E-state index < -0.39 is 23.4 Å². The number of hydrogen-bond donors (Lipinski definition) is 2. The molecule has 5 rings (SSSR count). The molecule has 3 aromatic rings. The molecule has 0 aliphatic carbocycles. The highest BCUT2D eigenvalue weighted by Gasteiger charge is 2.42. The van der Waals surface area contributed by atoms with Gasteiger partial charge < -0.3 is 20.1 Å². The van der Waals surface area contributed by atoms with Crippen LogP contribution in [0, 0.1) is 12.7 Å². The topological polar surface area (TPSA) is 87.6 Å². The highest BCUT2D eigenvalue weighted by Crippen LogP contribution is 2.46. The largest absolute Gasteiger partial charge is 0.492 e. The molecule has 2 atom stereocenters. The lowest BCUT2D eigenvalue weighted by Gasteiger charge is -2.43. The van der Waals surface area contributed by atoms with Gasteiger partial charge in [-0.3, -0.25) is 4.79 Å². The molecule has 2 aliphatic heterocycles. The molecular weight excluding hydrogens is 485 g/mol. The van der Waals surface area contributed by atoms with Crippen LogP contribution in [0.3, 0.4) is 0 Å². The predicted octanol–water partition coefficient (Wildman–Crippen LogP) is 4.78. The van der Waals surface area contributed by atoms with Crippen LogP contribution in [0.5, 0.6) is 5.75 Å². The molecule has 0 unspecified atom stereocenters. The number of aromatic nitrogens is 2. The van der Waals surface area contributed by atoms with Gasteiger partial charge in [0.1, 0.15) is 23.2 Å². The molecule has 0 saturated carbocycles. The van der Waals surface area contributed by atoms with Crippen molar-refractivity contribution in [2.45, 2.75) is 64.6 Å². The van der Waals surface area contributed by atoms with E-state index in [-0.39, 0.29) is 24.1 Å². The van der Waals surface area contributed by atoms with E-state index >= 15 is 0 Å². The summed E-state index contributed by atoms with van der Waals surface area (Å²) in [6, 6.07) is 5.57. The molecule has 1 saturated heterocycles. The Labute approximate surface area is 212 Å². The minimum Gasteiger partial charge on any atom is -0.492 e. The molecule has 37 heavy (non-hydrogen) atoms. The molecule has 2 aliphatic rings. The van der Waals surface area contributed by atoms with E-state index in [4.69, 9.17) is 4.74 Å². The Hall–Kier alpha value is -3.40. The SMILES string of the molecule is CC(=O)N1CC[C@@](O)(c2cc3c(NCc4cccc(C(F)F)c4F)nc(C)nc3c3c2OCC3)C[C@H]1C. The van der Waals surface area contributed by atoms with Crippen molar-refractivity contribution >= 4 is 22.6 Å². The summed E-state index contributed by atoms with van der Waals surface area (Å²) in [7, 11) is 0. The third-order valence-electron chi connectivity index (χ3n) is 7.38. The molecule has 1 amide bonds. The first kappa shape index (κ1) is 25.3. The number of hydrogen-bond acceptors (Lipinski definition) is 6. The zero-order valence-electron chi connectivity index (χ0n) is 20.9. The molecule has 1 aromatic heterocycles. The first-order valence-corrected chi connectivity index (χ1v) is 12.4. The van der Waals surface area contributed by atoms with Crippen LogP contribution in [0.4, 0.5) is 19.0 Å². The van der Waals surface area contributed by atoms with Crippen molar-refractivity contribution in [1.82, 2.24) is 14.9 Å². The molecule has 0 radical (unpaired) electrons. The van der Waals surface area contributed by atoms with E-state index in [0.717, 1.165) is 11.6 Å². The van der Waals surface area contributed by atoms with Crippen molar-refractivity contribution in [1.29, 1.82) is 0 Å². The molecule has 10 heteroatoms. The number of piperidine rings is 1. The first-order valence-electron chi connectivity index (χ1n) is 12.4. The summed E-state index contributed by atoms with van der Waals surface area (Å²) < 4.78 is 47.0. The minimum atomic E-state index is -2.91. The number of carbonyl (C=O) groups is 1. The number of nitrogens with zero attached hydrogens (tertiary/aromatic N) is 3. The highest BCUT2D eigenvalue weighted by molar-refractivity contribution is 5.94. The summed E-state index contributed by atoms with van der Waals surface area (Å²) in [4.78, 5) is 22.9. The second kappa shape index (κ2) is 9.48. The highest BCUT2D eigenvalue weighted by atomic mass is 19.3. The van der Waals surface area contributed by atoms with E-state index in [1.165, 1.54) is 19.1 Å². The van der Waals surface area contributed by atoms with Crippen molar-refractivity contribution in [3.8, 4) is 5.75 Å². The van der Waals surface area contributed by atoms with Gasteiger partial charge in [-0.2, -0.15) is 0 Å². The second-order valence-electron chi connectivity index (χ2n) is 9.87. The number of fused-ring (bicyclic) bond motifs is 3. The van der Waals surface area contributed by atoms with Crippen LogP contribution in [-0.4, -0.2) is 45.1 Å². The van der Waals surface area contributed by atoms with Crippen LogP contribution in [0.15, 0.2) is 24.3 Å². The number of alkyl halides is 2. The second-order valence-corrected chi connectivity index (χ2v) is 9.87. The van der Waals surface area contributed by atoms with Gasteiger partial charge in [0.15, 0.2) is 0 Å². The number of likely N-dealkylation sites (tertiary alicyclic amines) is 1. The molecule has 7 nitrogen and oxygen atoms in total. The smallest absolute Gasteiger partial charge is 0.266 e. The fourth-order valence-electron chi connectivity index (χ4n) is 5.58. The average molecular weight is 515 g/mol.